The first kappa shape index (κ1) is 12.2. The highest BCUT2D eigenvalue weighted by molar-refractivity contribution is 7.58. The number of aliphatic carboxylic acids is 1. The summed E-state index contributed by atoms with van der Waals surface area (Å²) in [6.07, 6.45) is -0.0420. The van der Waals surface area contributed by atoms with Gasteiger partial charge in [0.2, 0.25) is 7.37 Å². The normalized spacial score (nSPS) is 16.5. The second-order valence-electron chi connectivity index (χ2n) is 2.66. The van der Waals surface area contributed by atoms with Crippen LogP contribution in [0.5, 0.6) is 0 Å². The van der Waals surface area contributed by atoms with Crippen molar-refractivity contribution in [3.63, 3.8) is 0 Å². The predicted molar refractivity (Wildman–Crippen MR) is 50.0 cm³/mol. The maximum Gasteiger partial charge on any atom is 0.319 e. The Morgan fingerprint density at radius 3 is 2.54 bits per heavy atom. The molecular formula is C8H13O4P. The van der Waals surface area contributed by atoms with Gasteiger partial charge in [-0.1, -0.05) is 5.92 Å². The van der Waals surface area contributed by atoms with Crippen LogP contribution in [0.2, 0.25) is 0 Å². The molecule has 2 atom stereocenters. The van der Waals surface area contributed by atoms with E-state index in [1.54, 1.807) is 6.92 Å². The molecule has 74 valence electrons. The van der Waals surface area contributed by atoms with Gasteiger partial charge in [-0.05, 0) is 6.92 Å². The highest BCUT2D eigenvalue weighted by atomic mass is 31.2. The molecule has 0 saturated carbocycles. The van der Waals surface area contributed by atoms with Crippen LogP contribution in [0.4, 0.5) is 0 Å². The Labute approximate surface area is 77.7 Å². The van der Waals surface area contributed by atoms with E-state index in [1.807, 2.05) is 0 Å². The van der Waals surface area contributed by atoms with E-state index in [0.717, 1.165) is 0 Å². The first-order valence-corrected chi connectivity index (χ1v) is 5.96. The Morgan fingerprint density at radius 2 is 2.23 bits per heavy atom. The summed E-state index contributed by atoms with van der Waals surface area (Å²) in [7, 11) is -1.49. The van der Waals surface area contributed by atoms with E-state index in [4.69, 9.17) is 5.11 Å². The summed E-state index contributed by atoms with van der Waals surface area (Å²) >= 11 is 0. The lowest BCUT2D eigenvalue weighted by molar-refractivity contribution is -0.139. The van der Waals surface area contributed by atoms with Crippen LogP contribution in [0, 0.1) is 17.8 Å². The molecule has 0 spiro atoms. The van der Waals surface area contributed by atoms with Crippen molar-refractivity contribution in [1.29, 1.82) is 0 Å². The van der Waals surface area contributed by atoms with Crippen LogP contribution in [0.1, 0.15) is 6.92 Å². The summed E-state index contributed by atoms with van der Waals surface area (Å²) < 4.78 is 16.1. The van der Waals surface area contributed by atoms with Crippen LogP contribution in [-0.2, 0) is 13.9 Å². The van der Waals surface area contributed by atoms with E-state index < -0.39 is 19.3 Å². The predicted octanol–water partition coefficient (Wildman–Crippen LogP) is 1.26. The molecule has 4 nitrogen and oxygen atoms in total. The molecule has 0 fully saturated rings. The summed E-state index contributed by atoms with van der Waals surface area (Å²) in [6, 6.07) is 0. The highest BCUT2D eigenvalue weighted by Gasteiger charge is 2.24. The van der Waals surface area contributed by atoms with Gasteiger partial charge in [-0.25, -0.2) is 0 Å². The number of carboxylic acid groups (broad SMARTS) is 1. The molecule has 0 amide bonds. The molecule has 5 heteroatoms. The zero-order chi connectivity index (χ0) is 10.5. The Bertz CT molecular complexity index is 286. The number of carbonyl (C=O) groups is 1. The van der Waals surface area contributed by atoms with E-state index >= 15 is 0 Å². The monoisotopic (exact) mass is 204 g/mol. The summed E-state index contributed by atoms with van der Waals surface area (Å²) in [5, 5.41) is 8.68. The summed E-state index contributed by atoms with van der Waals surface area (Å²) in [5.41, 5.74) is 0. The molecule has 0 saturated heterocycles. The smallest absolute Gasteiger partial charge is 0.319 e. The lowest BCUT2D eigenvalue weighted by Crippen LogP contribution is -2.16. The number of hydrogen-bond acceptors (Lipinski definition) is 3. The van der Waals surface area contributed by atoms with Crippen molar-refractivity contribution in [3.05, 3.63) is 0 Å². The first-order valence-electron chi connectivity index (χ1n) is 3.70. The van der Waals surface area contributed by atoms with Crippen molar-refractivity contribution < 1.29 is 19.0 Å². The SMILES string of the molecule is CC#CC(CP(C)(=O)OC)C(=O)O. The van der Waals surface area contributed by atoms with E-state index in [9.17, 15) is 9.36 Å². The standard InChI is InChI=1S/C8H13O4P/c1-4-5-7(8(9)10)6-13(3,11)12-2/h7H,6H2,1-3H3,(H,9,10). The van der Waals surface area contributed by atoms with Crippen LogP contribution >= 0.6 is 7.37 Å². The Hall–Kier alpha value is -0.780. The van der Waals surface area contributed by atoms with Crippen molar-refractivity contribution in [3.8, 4) is 11.8 Å². The van der Waals surface area contributed by atoms with Crippen LogP contribution in [0.15, 0.2) is 0 Å². The molecule has 2 unspecified atom stereocenters. The van der Waals surface area contributed by atoms with Gasteiger partial charge < -0.3 is 9.63 Å². The summed E-state index contributed by atoms with van der Waals surface area (Å²) in [4.78, 5) is 10.6. The Kier molecular flexibility index (Phi) is 4.76. The molecule has 0 aromatic rings. The Balaban J connectivity index is 4.50. The lowest BCUT2D eigenvalue weighted by Gasteiger charge is -2.12. The Morgan fingerprint density at radius 1 is 1.69 bits per heavy atom. The molecule has 0 aliphatic carbocycles. The summed E-state index contributed by atoms with van der Waals surface area (Å²) in [6.45, 7) is 2.95. The number of carboxylic acids is 1. The fraction of sp³-hybridized carbons (Fsp3) is 0.625. The van der Waals surface area contributed by atoms with Crippen LogP contribution in [-0.4, -0.2) is 31.0 Å². The van der Waals surface area contributed by atoms with Gasteiger partial charge in [-0.2, -0.15) is 0 Å². The third-order valence-electron chi connectivity index (χ3n) is 1.52. The number of rotatable bonds is 4. The molecule has 0 rings (SSSR count). The molecule has 0 aromatic heterocycles. The second-order valence-corrected chi connectivity index (χ2v) is 5.42. The number of hydrogen-bond donors (Lipinski definition) is 1. The van der Waals surface area contributed by atoms with Crippen molar-refractivity contribution >= 4 is 13.3 Å². The fourth-order valence-corrected chi connectivity index (χ4v) is 1.83. The quantitative estimate of drug-likeness (QED) is 0.553. The van der Waals surface area contributed by atoms with Gasteiger partial charge in [-0.15, -0.1) is 5.92 Å². The topological polar surface area (TPSA) is 63.6 Å². The van der Waals surface area contributed by atoms with Gasteiger partial charge in [0.1, 0.15) is 5.92 Å². The minimum absolute atomic E-state index is 0.0420. The van der Waals surface area contributed by atoms with Crippen LogP contribution in [0.3, 0.4) is 0 Å². The molecule has 0 aliphatic rings. The van der Waals surface area contributed by atoms with Crippen molar-refractivity contribution in [2.45, 2.75) is 6.92 Å². The van der Waals surface area contributed by atoms with Crippen LogP contribution in [0.25, 0.3) is 0 Å². The maximum atomic E-state index is 11.4. The highest BCUT2D eigenvalue weighted by Crippen LogP contribution is 2.43. The maximum absolute atomic E-state index is 11.4. The first-order chi connectivity index (χ1) is 5.93. The van der Waals surface area contributed by atoms with Gasteiger partial charge in [0.15, 0.2) is 0 Å². The van der Waals surface area contributed by atoms with Gasteiger partial charge in [-0.3, -0.25) is 9.36 Å². The van der Waals surface area contributed by atoms with Crippen LogP contribution < -0.4 is 0 Å². The van der Waals surface area contributed by atoms with E-state index in [1.165, 1.54) is 13.8 Å². The average Bonchev–Trinajstić information content (AvgIpc) is 2.03. The molecule has 0 radical (unpaired) electrons. The largest absolute Gasteiger partial charge is 0.480 e. The lowest BCUT2D eigenvalue weighted by atomic mass is 10.2. The molecule has 1 N–H and O–H groups in total. The van der Waals surface area contributed by atoms with Crippen molar-refractivity contribution in [2.24, 2.45) is 5.92 Å². The average molecular weight is 204 g/mol. The molecule has 13 heavy (non-hydrogen) atoms. The van der Waals surface area contributed by atoms with E-state index in [-0.39, 0.29) is 6.16 Å². The molecular weight excluding hydrogens is 191 g/mol. The van der Waals surface area contributed by atoms with E-state index in [2.05, 4.69) is 16.4 Å². The minimum Gasteiger partial charge on any atom is -0.480 e. The van der Waals surface area contributed by atoms with Gasteiger partial charge in [0.05, 0.1) is 0 Å². The minimum atomic E-state index is -2.80. The summed E-state index contributed by atoms with van der Waals surface area (Å²) in [5.74, 6) is 3.00. The third kappa shape index (κ3) is 4.72. The van der Waals surface area contributed by atoms with Crippen molar-refractivity contribution in [2.75, 3.05) is 19.9 Å². The molecule has 0 aromatic carbocycles. The fourth-order valence-electron chi connectivity index (χ4n) is 0.766. The zero-order valence-electron chi connectivity index (χ0n) is 7.90. The molecule has 0 bridgehead atoms. The van der Waals surface area contributed by atoms with Gasteiger partial charge >= 0.3 is 5.97 Å². The third-order valence-corrected chi connectivity index (χ3v) is 3.32. The van der Waals surface area contributed by atoms with Gasteiger partial charge in [0, 0.05) is 19.9 Å². The van der Waals surface area contributed by atoms with E-state index in [0.29, 0.717) is 0 Å². The van der Waals surface area contributed by atoms with Crippen molar-refractivity contribution in [1.82, 2.24) is 0 Å². The molecule has 0 aliphatic heterocycles. The second kappa shape index (κ2) is 5.06. The van der Waals surface area contributed by atoms with Gasteiger partial charge in [0.25, 0.3) is 0 Å². The zero-order valence-corrected chi connectivity index (χ0v) is 8.80. The molecule has 0 heterocycles.